The lowest BCUT2D eigenvalue weighted by atomic mass is 10.1. The zero-order chi connectivity index (χ0) is 14.3. The van der Waals surface area contributed by atoms with Gasteiger partial charge in [0.05, 0.1) is 12.7 Å². The molecule has 0 bridgehead atoms. The Morgan fingerprint density at radius 3 is 2.89 bits per heavy atom. The van der Waals surface area contributed by atoms with Crippen molar-refractivity contribution in [2.75, 3.05) is 19.0 Å². The predicted octanol–water partition coefficient (Wildman–Crippen LogP) is 1.88. The fourth-order valence-corrected chi connectivity index (χ4v) is 1.62. The van der Waals surface area contributed by atoms with Gasteiger partial charge in [-0.25, -0.2) is 0 Å². The minimum atomic E-state index is -0.138. The molecule has 1 aromatic carbocycles. The van der Waals surface area contributed by atoms with Crippen molar-refractivity contribution in [2.45, 2.75) is 19.8 Å². The van der Waals surface area contributed by atoms with Crippen molar-refractivity contribution >= 4 is 11.6 Å². The number of para-hydroxylation sites is 1. The smallest absolute Gasteiger partial charge is 0.224 e. The highest BCUT2D eigenvalue weighted by atomic mass is 16.5. The molecule has 1 atom stereocenters. The van der Waals surface area contributed by atoms with Gasteiger partial charge in [0.15, 0.2) is 0 Å². The van der Waals surface area contributed by atoms with Gasteiger partial charge in [0.1, 0.15) is 17.5 Å². The molecule has 0 radical (unpaired) electrons. The van der Waals surface area contributed by atoms with Crippen LogP contribution in [0, 0.1) is 17.2 Å². The van der Waals surface area contributed by atoms with E-state index in [1.54, 1.807) is 18.2 Å². The van der Waals surface area contributed by atoms with Crippen LogP contribution in [0.2, 0.25) is 0 Å². The number of nitrogens with two attached hydrogens (primary N) is 1. The Kier molecular flexibility index (Phi) is 5.83. The van der Waals surface area contributed by atoms with Crippen LogP contribution in [0.25, 0.3) is 0 Å². The van der Waals surface area contributed by atoms with Crippen LogP contribution >= 0.6 is 0 Å². The summed E-state index contributed by atoms with van der Waals surface area (Å²) in [4.78, 5) is 11.9. The number of benzene rings is 1. The van der Waals surface area contributed by atoms with Crippen molar-refractivity contribution < 1.29 is 9.53 Å². The van der Waals surface area contributed by atoms with Gasteiger partial charge in [-0.05, 0) is 31.0 Å². The molecule has 1 aromatic rings. The lowest BCUT2D eigenvalue weighted by Gasteiger charge is -2.12. The maximum Gasteiger partial charge on any atom is 0.224 e. The third kappa shape index (κ3) is 4.27. The normalized spacial score (nSPS) is 11.5. The summed E-state index contributed by atoms with van der Waals surface area (Å²) in [6, 6.07) is 7.10. The number of hydrogen-bond donors (Lipinski definition) is 2. The number of carbonyl (C=O) groups excluding carboxylic acids is 1. The van der Waals surface area contributed by atoms with Crippen LogP contribution in [-0.2, 0) is 4.79 Å². The van der Waals surface area contributed by atoms with Gasteiger partial charge in [-0.3, -0.25) is 4.79 Å². The molecule has 19 heavy (non-hydrogen) atoms. The van der Waals surface area contributed by atoms with E-state index in [0.717, 1.165) is 6.42 Å². The molecule has 0 saturated carbocycles. The van der Waals surface area contributed by atoms with Gasteiger partial charge in [0.2, 0.25) is 5.91 Å². The molecule has 5 nitrogen and oxygen atoms in total. The third-order valence-electron chi connectivity index (χ3n) is 2.90. The number of nitrogens with zero attached hydrogens (tertiary/aromatic N) is 1. The minimum absolute atomic E-state index is 0.138. The highest BCUT2D eigenvalue weighted by Gasteiger charge is 2.12. The molecule has 0 aliphatic rings. The molecule has 1 amide bonds. The standard InChI is InChI=1S/C14H19N3O2/c1-10(8-15)6-7-13(18)17-14-11(9-16)4-3-5-12(14)19-2/h3-5,10H,6-8,15H2,1-2H3,(H,17,18). The third-order valence-corrected chi connectivity index (χ3v) is 2.90. The van der Waals surface area contributed by atoms with E-state index in [9.17, 15) is 4.79 Å². The van der Waals surface area contributed by atoms with E-state index in [2.05, 4.69) is 5.32 Å². The van der Waals surface area contributed by atoms with Crippen LogP contribution in [0.1, 0.15) is 25.3 Å². The molecule has 0 heterocycles. The van der Waals surface area contributed by atoms with E-state index >= 15 is 0 Å². The Balaban J connectivity index is 2.76. The number of amides is 1. The first kappa shape index (κ1) is 15.0. The SMILES string of the molecule is COc1cccc(C#N)c1NC(=O)CCC(C)CN. The summed E-state index contributed by atoms with van der Waals surface area (Å²) in [7, 11) is 1.50. The lowest BCUT2D eigenvalue weighted by Crippen LogP contribution is -2.17. The van der Waals surface area contributed by atoms with E-state index < -0.39 is 0 Å². The zero-order valence-corrected chi connectivity index (χ0v) is 11.3. The fraction of sp³-hybridized carbons (Fsp3) is 0.429. The first-order valence-electron chi connectivity index (χ1n) is 6.19. The molecule has 0 aliphatic carbocycles. The van der Waals surface area contributed by atoms with Crippen molar-refractivity contribution in [1.82, 2.24) is 0 Å². The molecular formula is C14H19N3O2. The van der Waals surface area contributed by atoms with Gasteiger partial charge in [0.25, 0.3) is 0 Å². The average Bonchev–Trinajstić information content (AvgIpc) is 2.44. The molecule has 0 saturated heterocycles. The van der Waals surface area contributed by atoms with Gasteiger partial charge in [-0.2, -0.15) is 5.26 Å². The molecule has 1 rings (SSSR count). The van der Waals surface area contributed by atoms with Gasteiger partial charge in [0, 0.05) is 6.42 Å². The number of nitrogens with one attached hydrogen (secondary N) is 1. The van der Waals surface area contributed by atoms with E-state index in [1.807, 2.05) is 13.0 Å². The second-order valence-electron chi connectivity index (χ2n) is 4.42. The summed E-state index contributed by atoms with van der Waals surface area (Å²) in [5, 5.41) is 11.8. The van der Waals surface area contributed by atoms with Crippen LogP contribution in [-0.4, -0.2) is 19.6 Å². The topological polar surface area (TPSA) is 88.1 Å². The number of hydrogen-bond acceptors (Lipinski definition) is 4. The van der Waals surface area contributed by atoms with Gasteiger partial charge in [-0.1, -0.05) is 13.0 Å². The van der Waals surface area contributed by atoms with Crippen molar-refractivity contribution in [1.29, 1.82) is 5.26 Å². The maximum absolute atomic E-state index is 11.9. The number of carbonyl (C=O) groups is 1. The number of methoxy groups -OCH3 is 1. The first-order chi connectivity index (χ1) is 9.12. The molecule has 1 unspecified atom stereocenters. The molecule has 0 aliphatic heterocycles. The van der Waals surface area contributed by atoms with Crippen LogP contribution in [0.3, 0.4) is 0 Å². The average molecular weight is 261 g/mol. The molecule has 3 N–H and O–H groups in total. The predicted molar refractivity (Wildman–Crippen MR) is 73.8 cm³/mol. The molecule has 0 aromatic heterocycles. The van der Waals surface area contributed by atoms with Gasteiger partial charge >= 0.3 is 0 Å². The van der Waals surface area contributed by atoms with Crippen molar-refractivity contribution in [3.8, 4) is 11.8 Å². The Hall–Kier alpha value is -2.06. The molecular weight excluding hydrogens is 242 g/mol. The van der Waals surface area contributed by atoms with Crippen molar-refractivity contribution in [2.24, 2.45) is 11.7 Å². The Morgan fingerprint density at radius 1 is 1.58 bits per heavy atom. The van der Waals surface area contributed by atoms with E-state index in [0.29, 0.717) is 35.9 Å². The summed E-state index contributed by atoms with van der Waals surface area (Å²) in [6.07, 6.45) is 1.10. The van der Waals surface area contributed by atoms with E-state index in [1.165, 1.54) is 7.11 Å². The largest absolute Gasteiger partial charge is 0.495 e. The zero-order valence-electron chi connectivity index (χ0n) is 11.3. The molecule has 0 fully saturated rings. The van der Waals surface area contributed by atoms with Crippen LogP contribution < -0.4 is 15.8 Å². The Morgan fingerprint density at radius 2 is 2.32 bits per heavy atom. The summed E-state index contributed by atoms with van der Waals surface area (Å²) in [5.74, 6) is 0.652. The van der Waals surface area contributed by atoms with Crippen molar-refractivity contribution in [3.63, 3.8) is 0 Å². The number of ether oxygens (including phenoxy) is 1. The fourth-order valence-electron chi connectivity index (χ4n) is 1.62. The summed E-state index contributed by atoms with van der Waals surface area (Å²) < 4.78 is 5.15. The van der Waals surface area contributed by atoms with Crippen LogP contribution in [0.15, 0.2) is 18.2 Å². The summed E-state index contributed by atoms with van der Waals surface area (Å²) in [6.45, 7) is 2.56. The number of anilines is 1. The highest BCUT2D eigenvalue weighted by molar-refractivity contribution is 5.93. The quantitative estimate of drug-likeness (QED) is 0.818. The number of nitriles is 1. The van der Waals surface area contributed by atoms with Crippen LogP contribution in [0.4, 0.5) is 5.69 Å². The van der Waals surface area contributed by atoms with Gasteiger partial charge < -0.3 is 15.8 Å². The monoisotopic (exact) mass is 261 g/mol. The highest BCUT2D eigenvalue weighted by Crippen LogP contribution is 2.28. The second kappa shape index (κ2) is 7.39. The van der Waals surface area contributed by atoms with E-state index in [4.69, 9.17) is 15.7 Å². The summed E-state index contributed by atoms with van der Waals surface area (Å²) >= 11 is 0. The molecule has 5 heteroatoms. The minimum Gasteiger partial charge on any atom is -0.495 e. The second-order valence-corrected chi connectivity index (χ2v) is 4.42. The van der Waals surface area contributed by atoms with Crippen LogP contribution in [0.5, 0.6) is 5.75 Å². The molecule has 102 valence electrons. The maximum atomic E-state index is 11.9. The van der Waals surface area contributed by atoms with E-state index in [-0.39, 0.29) is 5.91 Å². The summed E-state index contributed by atoms with van der Waals surface area (Å²) in [5.41, 5.74) is 6.32. The van der Waals surface area contributed by atoms with Crippen molar-refractivity contribution in [3.05, 3.63) is 23.8 Å². The molecule has 0 spiro atoms. The first-order valence-corrected chi connectivity index (χ1v) is 6.19. The number of rotatable bonds is 6. The lowest BCUT2D eigenvalue weighted by molar-refractivity contribution is -0.116. The Labute approximate surface area is 113 Å². The Bertz CT molecular complexity index is 480. The van der Waals surface area contributed by atoms with Gasteiger partial charge in [-0.15, -0.1) is 0 Å².